The van der Waals surface area contributed by atoms with E-state index in [4.69, 9.17) is 4.42 Å². The molecule has 2 aliphatic heterocycles. The summed E-state index contributed by atoms with van der Waals surface area (Å²) in [5, 5.41) is 2.00. The topological polar surface area (TPSA) is 26.1 Å². The van der Waals surface area contributed by atoms with Gasteiger partial charge in [-0.05, 0) is 181 Å². The first-order valence-corrected chi connectivity index (χ1v) is 39.2. The molecule has 0 amide bonds. The summed E-state index contributed by atoms with van der Waals surface area (Å²) in [6, 6.07) is 163. The van der Waals surface area contributed by atoms with E-state index in [2.05, 4.69) is 462 Å². The maximum atomic E-state index is 7.92. The minimum absolute atomic E-state index is 0.521. The molecular formula is C108H73BN4O. The first-order valence-electron chi connectivity index (χ1n) is 39.2. The van der Waals surface area contributed by atoms with Gasteiger partial charge in [-0.25, -0.2) is 0 Å². The van der Waals surface area contributed by atoms with Gasteiger partial charge >= 0.3 is 0 Å². The highest BCUT2D eigenvalue weighted by Gasteiger charge is 2.49. The zero-order valence-corrected chi connectivity index (χ0v) is 62.4. The lowest BCUT2D eigenvalue weighted by atomic mass is 9.33. The molecule has 5 nitrogen and oxygen atoms in total. The smallest absolute Gasteiger partial charge is 0.252 e. The van der Waals surface area contributed by atoms with Crippen LogP contribution in [0.1, 0.15) is 0 Å². The largest absolute Gasteiger partial charge is 0.454 e. The predicted molar refractivity (Wildman–Crippen MR) is 481 cm³/mol. The van der Waals surface area contributed by atoms with Crippen molar-refractivity contribution in [3.63, 3.8) is 0 Å². The second-order valence-corrected chi connectivity index (χ2v) is 29.4. The molecule has 6 heteroatoms. The van der Waals surface area contributed by atoms with Gasteiger partial charge in [0, 0.05) is 84.0 Å². The fourth-order valence-electron chi connectivity index (χ4n) is 17.7. The van der Waals surface area contributed by atoms with E-state index in [1.807, 2.05) is 0 Å². The van der Waals surface area contributed by atoms with E-state index in [9.17, 15) is 0 Å². The molecule has 18 aromatic carbocycles. The molecule has 19 aromatic rings. The highest BCUT2D eigenvalue weighted by atomic mass is 16.3. The predicted octanol–water partition coefficient (Wildman–Crippen LogP) is 27.9. The van der Waals surface area contributed by atoms with Gasteiger partial charge in [0.15, 0.2) is 5.58 Å². The second-order valence-electron chi connectivity index (χ2n) is 29.4. The molecule has 1 aromatic heterocycles. The van der Waals surface area contributed by atoms with Crippen LogP contribution in [0, 0.1) is 0 Å². The van der Waals surface area contributed by atoms with Crippen molar-refractivity contribution < 1.29 is 4.42 Å². The summed E-state index contributed by atoms with van der Waals surface area (Å²) in [5.74, 6) is 0. The van der Waals surface area contributed by atoms with E-state index >= 15 is 0 Å². The number of anilines is 12. The minimum Gasteiger partial charge on any atom is -0.454 e. The van der Waals surface area contributed by atoms with Crippen LogP contribution in [0.15, 0.2) is 447 Å². The quantitative estimate of drug-likeness (QED) is 0.0899. The third kappa shape index (κ3) is 11.7. The van der Waals surface area contributed by atoms with Crippen LogP contribution in [0.25, 0.3) is 111 Å². The number of hydrogen-bond acceptors (Lipinski definition) is 5. The van der Waals surface area contributed by atoms with Crippen molar-refractivity contribution >= 4 is 113 Å². The lowest BCUT2D eigenvalue weighted by molar-refractivity contribution is 0.669. The van der Waals surface area contributed by atoms with Gasteiger partial charge in [-0.2, -0.15) is 0 Å². The van der Waals surface area contributed by atoms with Gasteiger partial charge in [-0.15, -0.1) is 0 Å². The summed E-state index contributed by atoms with van der Waals surface area (Å²) in [6.45, 7) is -0.521. The molecule has 0 bridgehead atoms. The summed E-state index contributed by atoms with van der Waals surface area (Å²) in [5.41, 5.74) is 34.4. The van der Waals surface area contributed by atoms with E-state index < -0.39 is 6.71 Å². The van der Waals surface area contributed by atoms with Crippen LogP contribution in [0.2, 0.25) is 0 Å². The molecule has 0 N–H and O–H groups in total. The summed E-state index contributed by atoms with van der Waals surface area (Å²) in [4.78, 5) is 10.3. The summed E-state index contributed by atoms with van der Waals surface area (Å²) < 4.78 is 7.92. The van der Waals surface area contributed by atoms with E-state index in [-0.39, 0.29) is 0 Å². The van der Waals surface area contributed by atoms with Crippen LogP contribution in [-0.2, 0) is 0 Å². The lowest BCUT2D eigenvalue weighted by Gasteiger charge is -2.46. The first-order chi connectivity index (χ1) is 56.6. The van der Waals surface area contributed by atoms with Gasteiger partial charge in [-0.3, -0.25) is 0 Å². The molecule has 0 spiro atoms. The molecule has 534 valence electrons. The number of fused-ring (bicyclic) bond motifs is 8. The molecule has 114 heavy (non-hydrogen) atoms. The average molecular weight is 1450 g/mol. The van der Waals surface area contributed by atoms with Crippen LogP contribution < -0.4 is 36.0 Å². The monoisotopic (exact) mass is 1450 g/mol. The first kappa shape index (κ1) is 67.2. The number of rotatable bonds is 16. The highest BCUT2D eigenvalue weighted by molar-refractivity contribution is 7.01. The number of furan rings is 1. The molecule has 0 unspecified atom stereocenters. The van der Waals surface area contributed by atoms with Crippen molar-refractivity contribution in [2.24, 2.45) is 0 Å². The normalized spacial score (nSPS) is 12.0. The molecule has 0 atom stereocenters. The van der Waals surface area contributed by atoms with Gasteiger partial charge in [-0.1, -0.05) is 334 Å². The Kier molecular flexibility index (Phi) is 17.0. The van der Waals surface area contributed by atoms with E-state index in [1.165, 1.54) is 0 Å². The van der Waals surface area contributed by atoms with Gasteiger partial charge in [0.05, 0.1) is 28.4 Å². The Bertz CT molecular complexity index is 6450. The Morgan fingerprint density at radius 1 is 0.211 bits per heavy atom. The Morgan fingerprint density at radius 2 is 0.491 bits per heavy atom. The molecule has 0 saturated heterocycles. The standard InChI is InChI=1S/C108H73BN4O/c1-13-39-74(40-14-1)82-65-91(78-47-21-5-22-48-78)105(92(66-82)79-49-23-6-24-50-79)112-100-69-89(76-43-17-3-18-44-76)98(110(84-55-29-9-30-56-84)85-57-31-10-32-58-85)72-96(100)109-97-73-99(111(86-59-33-11-34-60-86)87-61-35-12-36-62-87)90(77-45-19-4-20-46-77)70-101(97)113(107-104(109)102(112)71-95-88-63-37-38-64-103(88)114-108(95)107)106-93(80-51-25-7-26-52-80)67-83(75-41-15-2-16-42-75)68-94(106)81-53-27-8-28-54-81/h1-73H. The number of nitrogens with zero attached hydrogens (tertiary/aromatic N) is 4. The number of para-hydroxylation sites is 5. The fourth-order valence-corrected chi connectivity index (χ4v) is 17.7. The average Bonchev–Trinajstić information content (AvgIpc) is 1.12. The van der Waals surface area contributed by atoms with Gasteiger partial charge in [0.25, 0.3) is 6.71 Å². The van der Waals surface area contributed by atoms with Crippen molar-refractivity contribution in [3.05, 3.63) is 443 Å². The molecule has 2 aliphatic rings. The summed E-state index contributed by atoms with van der Waals surface area (Å²) in [7, 11) is 0. The molecule has 3 heterocycles. The maximum Gasteiger partial charge on any atom is 0.252 e. The minimum atomic E-state index is -0.521. The Morgan fingerprint density at radius 3 is 0.833 bits per heavy atom. The van der Waals surface area contributed by atoms with Crippen LogP contribution in [-0.4, -0.2) is 6.71 Å². The van der Waals surface area contributed by atoms with Crippen LogP contribution in [0.3, 0.4) is 0 Å². The second kappa shape index (κ2) is 28.8. The van der Waals surface area contributed by atoms with Crippen LogP contribution in [0.4, 0.5) is 68.2 Å². The van der Waals surface area contributed by atoms with Gasteiger partial charge in [0.1, 0.15) is 5.58 Å². The molecule has 0 fully saturated rings. The van der Waals surface area contributed by atoms with Crippen LogP contribution >= 0.6 is 0 Å². The zero-order chi connectivity index (χ0) is 75.4. The lowest BCUT2D eigenvalue weighted by Crippen LogP contribution is -2.61. The van der Waals surface area contributed by atoms with E-state index in [0.717, 1.165) is 196 Å². The molecule has 0 radical (unpaired) electrons. The van der Waals surface area contributed by atoms with Crippen molar-refractivity contribution in [1.82, 2.24) is 0 Å². The van der Waals surface area contributed by atoms with Crippen molar-refractivity contribution in [3.8, 4) is 89.0 Å². The van der Waals surface area contributed by atoms with Crippen LogP contribution in [0.5, 0.6) is 0 Å². The van der Waals surface area contributed by atoms with Crippen molar-refractivity contribution in [1.29, 1.82) is 0 Å². The molecular weight excluding hydrogens is 1380 g/mol. The Hall–Kier alpha value is -15.0. The maximum absolute atomic E-state index is 7.92. The van der Waals surface area contributed by atoms with E-state index in [1.54, 1.807) is 0 Å². The van der Waals surface area contributed by atoms with Crippen molar-refractivity contribution in [2.75, 3.05) is 19.6 Å². The van der Waals surface area contributed by atoms with E-state index in [0.29, 0.717) is 0 Å². The molecule has 0 saturated carbocycles. The fraction of sp³-hybridized carbons (Fsp3) is 0. The Labute approximate surface area is 664 Å². The van der Waals surface area contributed by atoms with Gasteiger partial charge in [0.2, 0.25) is 0 Å². The highest BCUT2D eigenvalue weighted by Crippen LogP contribution is 2.59. The Balaban J connectivity index is 1.01. The zero-order valence-electron chi connectivity index (χ0n) is 62.4. The van der Waals surface area contributed by atoms with Crippen molar-refractivity contribution in [2.45, 2.75) is 0 Å². The number of hydrogen-bond donors (Lipinski definition) is 0. The summed E-state index contributed by atoms with van der Waals surface area (Å²) >= 11 is 0. The third-order valence-electron chi connectivity index (χ3n) is 22.7. The summed E-state index contributed by atoms with van der Waals surface area (Å²) in [6.07, 6.45) is 0. The SMILES string of the molecule is c1ccc(-c2cc(-c3ccccc3)c(N3c4cc(-c5ccccc5)c(N(c5ccccc5)c5ccccc5)cc4B4c5cc(N(c6ccccc6)c6ccccc6)c(-c6ccccc6)cc5N(c5c(-c6ccccc6)cc(-c6ccccc6)cc5-c5ccccc5)c5c4c3cc3c5oc4ccccc43)c(-c3ccccc3)c2)cc1. The molecule has 21 rings (SSSR count). The third-order valence-corrected chi connectivity index (χ3v) is 22.7. The molecule has 0 aliphatic carbocycles. The van der Waals surface area contributed by atoms with Gasteiger partial charge < -0.3 is 24.0 Å². The number of benzene rings is 18.